The van der Waals surface area contributed by atoms with E-state index in [2.05, 4.69) is 4.90 Å². The first-order valence-corrected chi connectivity index (χ1v) is 13.5. The minimum atomic E-state index is -2.15. The summed E-state index contributed by atoms with van der Waals surface area (Å²) in [6.07, 6.45) is 5.85. The Morgan fingerprint density at radius 2 is 1.77 bits per heavy atom. The van der Waals surface area contributed by atoms with E-state index in [9.17, 15) is 12.3 Å². The highest BCUT2D eigenvalue weighted by molar-refractivity contribution is 5.94. The lowest BCUT2D eigenvalue weighted by Crippen LogP contribution is -2.39. The van der Waals surface area contributed by atoms with Gasteiger partial charge in [-0.25, -0.2) is 0 Å². The van der Waals surface area contributed by atoms with Crippen LogP contribution in [-0.4, -0.2) is 72.8 Å². The van der Waals surface area contributed by atoms with Crippen molar-refractivity contribution in [1.82, 2.24) is 9.80 Å². The second kappa shape index (κ2) is 15.1. The van der Waals surface area contributed by atoms with Gasteiger partial charge in [0.25, 0.3) is 5.91 Å². The van der Waals surface area contributed by atoms with E-state index in [0.29, 0.717) is 56.8 Å². The van der Waals surface area contributed by atoms with Crippen LogP contribution in [0.25, 0.3) is 11.1 Å². The number of carboxylic acids is 1. The van der Waals surface area contributed by atoms with Crippen molar-refractivity contribution in [3.8, 4) is 16.9 Å². The van der Waals surface area contributed by atoms with Crippen LogP contribution in [0.5, 0.6) is 5.75 Å². The van der Waals surface area contributed by atoms with Crippen LogP contribution in [-0.2, 0) is 16.0 Å². The number of nitrogens with zero attached hydrogens (tertiary/aromatic N) is 2. The Morgan fingerprint density at radius 3 is 2.51 bits per heavy atom. The number of hydrogen-bond donors (Lipinski definition) is 1. The van der Waals surface area contributed by atoms with Gasteiger partial charge in [0.05, 0.1) is 35.1 Å². The third-order valence-corrected chi connectivity index (χ3v) is 6.63. The number of furan rings is 1. The minimum absolute atomic E-state index is 0.115. The second-order valence-corrected chi connectivity index (χ2v) is 9.51. The topological polar surface area (TPSA) is 92.5 Å². The van der Waals surface area contributed by atoms with Gasteiger partial charge in [-0.05, 0) is 55.5 Å². The van der Waals surface area contributed by atoms with Crippen LogP contribution in [0.15, 0.2) is 71.5 Å². The Balaban J connectivity index is 1.51. The quantitative estimate of drug-likeness (QED) is 0.262. The summed E-state index contributed by atoms with van der Waals surface area (Å²) in [7, 11) is 0. The van der Waals surface area contributed by atoms with E-state index in [1.807, 2.05) is 18.2 Å². The van der Waals surface area contributed by atoms with E-state index in [4.69, 9.17) is 19.0 Å². The normalized spacial score (nSPS) is 14.9. The van der Waals surface area contributed by atoms with Gasteiger partial charge in [-0.3, -0.25) is 14.5 Å². The molecular weight excluding hydrogens is 496 g/mol. The fourth-order valence-corrected chi connectivity index (χ4v) is 4.44. The average Bonchev–Trinajstić information content (AvgIpc) is 3.53. The molecule has 0 radical (unpaired) electrons. The van der Waals surface area contributed by atoms with Gasteiger partial charge in [0.15, 0.2) is 0 Å². The molecule has 2 aromatic carbocycles. The highest BCUT2D eigenvalue weighted by Crippen LogP contribution is 2.24. The van der Waals surface area contributed by atoms with Crippen molar-refractivity contribution in [2.24, 2.45) is 0 Å². The van der Waals surface area contributed by atoms with Crippen LogP contribution >= 0.6 is 0 Å². The molecule has 39 heavy (non-hydrogen) atoms. The number of unbranched alkanes of at least 4 members (excludes halogenated alkanes) is 2. The maximum absolute atomic E-state index is 13.9. The lowest BCUT2D eigenvalue weighted by Gasteiger charge is -2.29. The molecule has 0 unspecified atom stereocenters. The van der Waals surface area contributed by atoms with E-state index >= 15 is 0 Å². The zero-order valence-electron chi connectivity index (χ0n) is 24.2. The van der Waals surface area contributed by atoms with Crippen LogP contribution in [0.4, 0.5) is 0 Å². The number of ether oxygens (including phenoxy) is 2. The molecule has 0 saturated carbocycles. The van der Waals surface area contributed by atoms with Gasteiger partial charge >= 0.3 is 5.97 Å². The Morgan fingerprint density at radius 1 is 0.974 bits per heavy atom. The van der Waals surface area contributed by atoms with Crippen molar-refractivity contribution in [3.63, 3.8) is 0 Å². The summed E-state index contributed by atoms with van der Waals surface area (Å²) in [5.41, 5.74) is 2.47. The maximum atomic E-state index is 13.9. The summed E-state index contributed by atoms with van der Waals surface area (Å²) in [6, 6.07) is 15.8. The third-order valence-electron chi connectivity index (χ3n) is 6.63. The first kappa shape index (κ1) is 25.6. The molecule has 1 aromatic heterocycles. The Hall–Kier alpha value is -3.62. The maximum Gasteiger partial charge on any atom is 0.303 e. The Kier molecular flexibility index (Phi) is 9.93. The molecule has 8 nitrogen and oxygen atoms in total. The van der Waals surface area contributed by atoms with Crippen LogP contribution in [0, 0.1) is 0 Å². The number of para-hydroxylation sites is 1. The largest absolute Gasteiger partial charge is 0.493 e. The van der Waals surface area contributed by atoms with Gasteiger partial charge in [-0.1, -0.05) is 30.3 Å². The number of aliphatic carboxylic acids is 1. The average molecular weight is 537 g/mol. The van der Waals surface area contributed by atoms with Crippen molar-refractivity contribution in [1.29, 1.82) is 0 Å². The summed E-state index contributed by atoms with van der Waals surface area (Å²) < 4.78 is 35.0. The molecule has 1 N–H and O–H groups in total. The molecule has 2 heterocycles. The van der Waals surface area contributed by atoms with Gasteiger partial charge < -0.3 is 23.9 Å². The molecular formula is C31H38N2O6. The zero-order valence-corrected chi connectivity index (χ0v) is 22.2. The molecule has 0 atom stereocenters. The van der Waals surface area contributed by atoms with Crippen LogP contribution in [0.2, 0.25) is 0 Å². The lowest BCUT2D eigenvalue weighted by atomic mass is 10.1. The highest BCUT2D eigenvalue weighted by atomic mass is 16.5. The molecule has 208 valence electrons. The van der Waals surface area contributed by atoms with Crippen LogP contribution in [0.3, 0.4) is 0 Å². The summed E-state index contributed by atoms with van der Waals surface area (Å²) in [6.45, 7) is 2.12. The fraction of sp³-hybridized carbons (Fsp3) is 0.419. The van der Waals surface area contributed by atoms with Gasteiger partial charge in [-0.15, -0.1) is 0 Å². The number of carbonyl (C=O) groups excluding carboxylic acids is 1. The molecule has 0 spiro atoms. The molecule has 0 bridgehead atoms. The number of rotatable bonds is 15. The number of morpholine rings is 1. The molecule has 1 saturated heterocycles. The smallest absolute Gasteiger partial charge is 0.303 e. The number of carboxylic acid groups (broad SMARTS) is 1. The molecule has 1 aliphatic rings. The Labute approximate surface area is 232 Å². The van der Waals surface area contributed by atoms with Crippen molar-refractivity contribution in [2.75, 3.05) is 46.0 Å². The molecule has 0 aliphatic carbocycles. The van der Waals surface area contributed by atoms with Crippen molar-refractivity contribution in [2.45, 2.75) is 38.6 Å². The van der Waals surface area contributed by atoms with Gasteiger partial charge in [0.2, 0.25) is 0 Å². The number of benzene rings is 2. The van der Waals surface area contributed by atoms with E-state index in [0.717, 1.165) is 30.8 Å². The number of carbonyl (C=O) groups is 2. The molecule has 1 aliphatic heterocycles. The van der Waals surface area contributed by atoms with Gasteiger partial charge in [-0.2, -0.15) is 0 Å². The lowest BCUT2D eigenvalue weighted by molar-refractivity contribution is -0.137. The van der Waals surface area contributed by atoms with Crippen molar-refractivity contribution < 1.29 is 31.3 Å². The molecule has 1 fully saturated rings. The first-order valence-electron chi connectivity index (χ1n) is 14.5. The Bertz CT molecular complexity index is 1240. The van der Waals surface area contributed by atoms with E-state index in [-0.39, 0.29) is 18.5 Å². The summed E-state index contributed by atoms with van der Waals surface area (Å²) in [5, 5.41) is 8.83. The van der Waals surface area contributed by atoms with E-state index in [1.54, 1.807) is 48.9 Å². The predicted octanol–water partition coefficient (Wildman–Crippen LogP) is 5.34. The molecule has 8 heteroatoms. The monoisotopic (exact) mass is 536 g/mol. The number of amides is 1. The van der Waals surface area contributed by atoms with Gasteiger partial charge in [0.1, 0.15) is 5.75 Å². The van der Waals surface area contributed by atoms with E-state index < -0.39 is 18.4 Å². The SMILES string of the molecule is [2H]C([2H])(c1ccccc1OCCCCCC(=O)O)N(CCCN1CCOCC1)C(=O)c1ccc(-c2ccoc2)cc1. The van der Waals surface area contributed by atoms with Gasteiger partial charge in [0, 0.05) is 55.8 Å². The third kappa shape index (κ3) is 8.97. The predicted molar refractivity (Wildman–Crippen MR) is 149 cm³/mol. The van der Waals surface area contributed by atoms with Crippen LogP contribution in [0.1, 0.15) is 50.8 Å². The molecule has 3 aromatic rings. The minimum Gasteiger partial charge on any atom is -0.493 e. The standard InChI is InChI=1S/C31H38N2O6/c34-30(35)9-2-1-5-19-39-29-8-4-3-7-27(29)23-33(16-6-15-32-17-21-37-22-18-32)31(36)26-12-10-25(11-13-26)28-14-20-38-24-28/h3-4,7-8,10-14,20,24H,1-2,5-6,9,15-19,21-23H2,(H,34,35)/i23D2. The molecule has 4 rings (SSSR count). The first-order chi connectivity index (χ1) is 19.9. The van der Waals surface area contributed by atoms with E-state index in [1.165, 1.54) is 4.90 Å². The van der Waals surface area contributed by atoms with Crippen LogP contribution < -0.4 is 4.74 Å². The fourth-order valence-electron chi connectivity index (χ4n) is 4.44. The summed E-state index contributed by atoms with van der Waals surface area (Å²) in [5.74, 6) is -0.852. The highest BCUT2D eigenvalue weighted by Gasteiger charge is 2.19. The van der Waals surface area contributed by atoms with Crippen molar-refractivity contribution in [3.05, 3.63) is 78.3 Å². The summed E-state index contributed by atoms with van der Waals surface area (Å²) in [4.78, 5) is 28.2. The van der Waals surface area contributed by atoms with Crippen molar-refractivity contribution >= 4 is 11.9 Å². The second-order valence-electron chi connectivity index (χ2n) is 9.51. The zero-order chi connectivity index (χ0) is 29.1. The number of hydrogen-bond acceptors (Lipinski definition) is 6. The molecule has 1 amide bonds. The summed E-state index contributed by atoms with van der Waals surface area (Å²) >= 11 is 0.